The van der Waals surface area contributed by atoms with Crippen molar-refractivity contribution < 1.29 is 32.3 Å². The number of carbonyl (C=O) groups excluding carboxylic acids is 4. The van der Waals surface area contributed by atoms with Crippen LogP contribution in [0, 0.1) is 11.2 Å². The van der Waals surface area contributed by atoms with Gasteiger partial charge in [0.2, 0.25) is 17.6 Å². The molecule has 1 saturated carbocycles. The molecule has 3 aliphatic rings. The maximum absolute atomic E-state index is 14.4. The van der Waals surface area contributed by atoms with E-state index in [1.165, 1.54) is 37.5 Å². The minimum atomic E-state index is -1.97. The number of nitrogens with one attached hydrogen (secondary N) is 2. The minimum Gasteiger partial charge on any atom is -0.350 e. The third-order valence-electron chi connectivity index (χ3n) is 9.58. The number of fused-ring (bicyclic) bond motifs is 1. The van der Waals surface area contributed by atoms with Crippen molar-refractivity contribution >= 4 is 41.2 Å². The van der Waals surface area contributed by atoms with Crippen molar-refractivity contribution in [3.8, 4) is 0 Å². The standard InChI is InChI=1S/C34H32ClF3N6O4/c1-19(45)23-17-43(25-7-8-33(2,14-22(23)25)34(9-10-34)42-32(48)30-39-11-4-12-40-30)18-27(46)44-16-21(29(37)38)13-26(44)31(47)41-15-20-5-3-6-24(35)28(20)36/h3-8,11-12,17,26H,9-10,13-16,18H2,1-2H3,(H,41,47)(H,42,48)/t26-,33?/m0/s1. The first-order chi connectivity index (χ1) is 22.8. The Morgan fingerprint density at radius 3 is 2.50 bits per heavy atom. The highest BCUT2D eigenvalue weighted by Crippen LogP contribution is 2.55. The molecular weight excluding hydrogens is 649 g/mol. The zero-order chi connectivity index (χ0) is 34.4. The van der Waals surface area contributed by atoms with E-state index in [0.29, 0.717) is 36.1 Å². The summed E-state index contributed by atoms with van der Waals surface area (Å²) in [5.74, 6) is -2.60. The maximum atomic E-state index is 14.4. The van der Waals surface area contributed by atoms with Gasteiger partial charge in [0.25, 0.3) is 12.0 Å². The number of aromatic nitrogens is 3. The summed E-state index contributed by atoms with van der Waals surface area (Å²) in [6.45, 7) is 2.40. The molecule has 250 valence electrons. The van der Waals surface area contributed by atoms with Gasteiger partial charge >= 0.3 is 0 Å². The van der Waals surface area contributed by atoms with E-state index in [4.69, 9.17) is 11.6 Å². The van der Waals surface area contributed by atoms with Crippen LogP contribution >= 0.6 is 11.6 Å². The van der Waals surface area contributed by atoms with Crippen LogP contribution in [0.3, 0.4) is 0 Å². The second-order valence-corrected chi connectivity index (χ2v) is 13.1. The fourth-order valence-electron chi connectivity index (χ4n) is 6.68. The van der Waals surface area contributed by atoms with Crippen LogP contribution in [0.4, 0.5) is 13.2 Å². The Balaban J connectivity index is 1.22. The molecule has 1 aliphatic heterocycles. The largest absolute Gasteiger partial charge is 0.350 e. The van der Waals surface area contributed by atoms with Gasteiger partial charge in [-0.15, -0.1) is 0 Å². The lowest BCUT2D eigenvalue weighted by Gasteiger charge is -2.39. The monoisotopic (exact) mass is 680 g/mol. The second kappa shape index (κ2) is 12.7. The summed E-state index contributed by atoms with van der Waals surface area (Å²) in [6.07, 6.45) is 7.77. The Morgan fingerprint density at radius 2 is 1.83 bits per heavy atom. The smallest absolute Gasteiger partial charge is 0.289 e. The fraction of sp³-hybridized carbons (Fsp3) is 0.353. The van der Waals surface area contributed by atoms with Crippen molar-refractivity contribution in [2.75, 3.05) is 6.54 Å². The third-order valence-corrected chi connectivity index (χ3v) is 9.88. The molecule has 48 heavy (non-hydrogen) atoms. The van der Waals surface area contributed by atoms with E-state index in [1.807, 2.05) is 19.1 Å². The summed E-state index contributed by atoms with van der Waals surface area (Å²) >= 11 is 5.83. The average Bonchev–Trinajstić information content (AvgIpc) is 3.57. The first kappa shape index (κ1) is 33.1. The van der Waals surface area contributed by atoms with Crippen molar-refractivity contribution in [1.29, 1.82) is 0 Å². The van der Waals surface area contributed by atoms with Gasteiger partial charge < -0.3 is 20.1 Å². The molecule has 3 aromatic rings. The van der Waals surface area contributed by atoms with Crippen LogP contribution in [0.5, 0.6) is 0 Å². The van der Waals surface area contributed by atoms with Crippen LogP contribution in [0.25, 0.3) is 6.08 Å². The number of Topliss-reactive ketones (excluding diaryl/α,β-unsaturated/α-hetero) is 1. The molecule has 2 aromatic heterocycles. The number of likely N-dealkylation sites (tertiary alicyclic amines) is 1. The Kier molecular flexibility index (Phi) is 8.75. The number of rotatable bonds is 9. The summed E-state index contributed by atoms with van der Waals surface area (Å²) in [4.78, 5) is 61.8. The highest BCUT2D eigenvalue weighted by molar-refractivity contribution is 6.30. The van der Waals surface area contributed by atoms with E-state index in [1.54, 1.807) is 16.8 Å². The molecule has 3 amide bonds. The van der Waals surface area contributed by atoms with Gasteiger partial charge in [-0.1, -0.05) is 36.7 Å². The van der Waals surface area contributed by atoms with Gasteiger partial charge in [-0.3, -0.25) is 19.2 Å². The number of hydrogen-bond acceptors (Lipinski definition) is 6. The van der Waals surface area contributed by atoms with Crippen molar-refractivity contribution in [3.63, 3.8) is 0 Å². The molecule has 10 nitrogen and oxygen atoms in total. The quantitative estimate of drug-likeness (QED) is 0.311. The molecule has 14 heteroatoms. The summed E-state index contributed by atoms with van der Waals surface area (Å²) in [7, 11) is 0. The van der Waals surface area contributed by atoms with Gasteiger partial charge in [0.1, 0.15) is 18.4 Å². The molecule has 1 saturated heterocycles. The molecule has 0 spiro atoms. The lowest BCUT2D eigenvalue weighted by atomic mass is 9.71. The summed E-state index contributed by atoms with van der Waals surface area (Å²) in [6, 6.07) is 4.68. The van der Waals surface area contributed by atoms with Gasteiger partial charge in [0.15, 0.2) is 5.78 Å². The van der Waals surface area contributed by atoms with Crippen LogP contribution < -0.4 is 10.6 Å². The number of benzene rings is 1. The van der Waals surface area contributed by atoms with E-state index < -0.39 is 53.2 Å². The fourth-order valence-corrected chi connectivity index (χ4v) is 6.88. The first-order valence-electron chi connectivity index (χ1n) is 15.4. The molecule has 1 unspecified atom stereocenters. The lowest BCUT2D eigenvalue weighted by Crippen LogP contribution is -2.50. The molecule has 3 heterocycles. The van der Waals surface area contributed by atoms with Gasteiger partial charge in [0.05, 0.1) is 5.02 Å². The number of amides is 3. The van der Waals surface area contributed by atoms with E-state index in [2.05, 4.69) is 20.6 Å². The Bertz CT molecular complexity index is 1890. The van der Waals surface area contributed by atoms with Crippen LogP contribution in [-0.4, -0.2) is 61.1 Å². The molecule has 2 N–H and O–H groups in total. The highest BCUT2D eigenvalue weighted by atomic mass is 35.5. The van der Waals surface area contributed by atoms with Crippen molar-refractivity contribution in [1.82, 2.24) is 30.1 Å². The van der Waals surface area contributed by atoms with Crippen molar-refractivity contribution in [2.45, 2.75) is 64.2 Å². The molecule has 0 bridgehead atoms. The molecule has 2 atom stereocenters. The van der Waals surface area contributed by atoms with Gasteiger partial charge in [-0.2, -0.15) is 8.78 Å². The molecular formula is C34H32ClF3N6O4. The topological polar surface area (TPSA) is 126 Å². The Labute approximate surface area is 279 Å². The third kappa shape index (κ3) is 6.14. The van der Waals surface area contributed by atoms with E-state index >= 15 is 0 Å². The molecule has 0 radical (unpaired) electrons. The van der Waals surface area contributed by atoms with Crippen molar-refractivity contribution in [2.24, 2.45) is 5.41 Å². The number of ketones is 1. The van der Waals surface area contributed by atoms with Gasteiger partial charge in [0, 0.05) is 71.4 Å². The molecule has 6 rings (SSSR count). The molecule has 1 aromatic carbocycles. The number of carbonyl (C=O) groups is 4. The van der Waals surface area contributed by atoms with Crippen LogP contribution in [0.2, 0.25) is 5.02 Å². The number of nitrogens with zero attached hydrogens (tertiary/aromatic N) is 4. The maximum Gasteiger partial charge on any atom is 0.289 e. The van der Waals surface area contributed by atoms with Gasteiger partial charge in [-0.25, -0.2) is 14.4 Å². The predicted molar refractivity (Wildman–Crippen MR) is 169 cm³/mol. The number of hydrogen-bond donors (Lipinski definition) is 2. The van der Waals surface area contributed by atoms with E-state index in [0.717, 1.165) is 4.90 Å². The average molecular weight is 681 g/mol. The van der Waals surface area contributed by atoms with Crippen LogP contribution in [-0.2, 0) is 29.1 Å². The summed E-state index contributed by atoms with van der Waals surface area (Å²) in [5, 5.41) is 5.52. The first-order valence-corrected chi connectivity index (χ1v) is 15.7. The zero-order valence-corrected chi connectivity index (χ0v) is 26.9. The lowest BCUT2D eigenvalue weighted by molar-refractivity contribution is -0.138. The summed E-state index contributed by atoms with van der Waals surface area (Å²) in [5.41, 5.74) is 0.294. The van der Waals surface area contributed by atoms with E-state index in [9.17, 15) is 32.3 Å². The number of halogens is 4. The zero-order valence-electron chi connectivity index (χ0n) is 26.2. The molecule has 2 fully saturated rings. The highest BCUT2D eigenvalue weighted by Gasteiger charge is 2.58. The normalized spacial score (nSPS) is 20.7. The van der Waals surface area contributed by atoms with Crippen molar-refractivity contribution in [3.05, 3.63) is 99.6 Å². The SMILES string of the molecule is CC(=O)c1cn(CC(=O)N2CC(=C(F)F)C[C@H]2C(=O)NCc2cccc(Cl)c2F)c2c1CC(C)(C1(NC(=O)c3ncccn3)CC1)C=C2. The van der Waals surface area contributed by atoms with E-state index in [-0.39, 0.29) is 47.3 Å². The Morgan fingerprint density at radius 1 is 1.10 bits per heavy atom. The Hall–Kier alpha value is -4.78. The van der Waals surface area contributed by atoms with Crippen LogP contribution in [0.1, 0.15) is 70.9 Å². The molecule has 2 aliphatic carbocycles. The second-order valence-electron chi connectivity index (χ2n) is 12.7. The minimum absolute atomic E-state index is 0.0538. The van der Waals surface area contributed by atoms with Crippen LogP contribution in [0.15, 0.2) is 60.6 Å². The van der Waals surface area contributed by atoms with Gasteiger partial charge in [-0.05, 0) is 50.0 Å². The summed E-state index contributed by atoms with van der Waals surface area (Å²) < 4.78 is 43.4. The predicted octanol–water partition coefficient (Wildman–Crippen LogP) is 4.88.